The number of ether oxygens (including phenoxy) is 1. The Hall–Kier alpha value is -1.28. The number of hydrogen-bond acceptors (Lipinski definition) is 2. The molecule has 0 radical (unpaired) electrons. The smallest absolute Gasteiger partial charge is 0.221 e. The second-order valence-corrected chi connectivity index (χ2v) is 4.71. The van der Waals surface area contributed by atoms with Crippen LogP contribution in [-0.2, 0) is 5.88 Å². The van der Waals surface area contributed by atoms with Crippen molar-refractivity contribution in [3.63, 3.8) is 0 Å². The van der Waals surface area contributed by atoms with Crippen LogP contribution in [0.5, 0.6) is 5.88 Å². The first-order chi connectivity index (χ1) is 8.36. The van der Waals surface area contributed by atoms with Crippen molar-refractivity contribution in [1.82, 2.24) is 4.98 Å². The lowest BCUT2D eigenvalue weighted by atomic mass is 9.96. The number of benzene rings is 1. The molecular formula is C14H14ClNO. The van der Waals surface area contributed by atoms with Gasteiger partial charge in [0, 0.05) is 5.39 Å². The topological polar surface area (TPSA) is 22.1 Å². The molecule has 3 heteroatoms. The molecule has 88 valence electrons. The number of fused-ring (bicyclic) bond motifs is 1. The highest BCUT2D eigenvalue weighted by Gasteiger charge is 2.20. The molecule has 1 aromatic heterocycles. The summed E-state index contributed by atoms with van der Waals surface area (Å²) in [7, 11) is 0. The van der Waals surface area contributed by atoms with Gasteiger partial charge in [-0.15, -0.1) is 11.6 Å². The lowest BCUT2D eigenvalue weighted by Crippen LogP contribution is -2.25. The fourth-order valence-electron chi connectivity index (χ4n) is 2.02. The minimum Gasteiger partial charge on any atom is -0.474 e. The summed E-state index contributed by atoms with van der Waals surface area (Å²) < 4.78 is 5.94. The highest BCUT2D eigenvalue weighted by atomic mass is 35.5. The average Bonchev–Trinajstić information content (AvgIpc) is 2.33. The third-order valence-corrected chi connectivity index (χ3v) is 3.50. The maximum atomic E-state index is 5.94. The SMILES string of the molecule is ClCc1cc2ccccc2c(OC2CCC2)n1. The Morgan fingerprint density at radius 1 is 1.29 bits per heavy atom. The molecule has 1 fully saturated rings. The van der Waals surface area contributed by atoms with E-state index in [-0.39, 0.29) is 0 Å². The third kappa shape index (κ3) is 2.09. The van der Waals surface area contributed by atoms with Crippen molar-refractivity contribution in [1.29, 1.82) is 0 Å². The lowest BCUT2D eigenvalue weighted by molar-refractivity contribution is 0.116. The maximum Gasteiger partial charge on any atom is 0.221 e. The van der Waals surface area contributed by atoms with Crippen molar-refractivity contribution in [2.75, 3.05) is 0 Å². The van der Waals surface area contributed by atoms with Crippen LogP contribution in [0.3, 0.4) is 0 Å². The van der Waals surface area contributed by atoms with Crippen molar-refractivity contribution in [3.8, 4) is 5.88 Å². The van der Waals surface area contributed by atoms with Crippen molar-refractivity contribution in [3.05, 3.63) is 36.0 Å². The molecule has 1 saturated carbocycles. The van der Waals surface area contributed by atoms with Crippen molar-refractivity contribution in [2.45, 2.75) is 31.2 Å². The van der Waals surface area contributed by atoms with Gasteiger partial charge in [0.15, 0.2) is 0 Å². The van der Waals surface area contributed by atoms with E-state index < -0.39 is 0 Å². The minimum absolute atomic E-state index is 0.344. The summed E-state index contributed by atoms with van der Waals surface area (Å²) in [6, 6.07) is 10.2. The molecule has 17 heavy (non-hydrogen) atoms. The fraction of sp³-hybridized carbons (Fsp3) is 0.357. The third-order valence-electron chi connectivity index (χ3n) is 3.23. The van der Waals surface area contributed by atoms with Crippen LogP contribution in [0.1, 0.15) is 25.0 Å². The molecule has 0 atom stereocenters. The molecule has 2 nitrogen and oxygen atoms in total. The van der Waals surface area contributed by atoms with Gasteiger partial charge in [0.1, 0.15) is 6.10 Å². The zero-order valence-electron chi connectivity index (χ0n) is 9.53. The molecule has 0 aliphatic heterocycles. The average molecular weight is 248 g/mol. The van der Waals surface area contributed by atoms with Crippen LogP contribution in [0.15, 0.2) is 30.3 Å². The summed E-state index contributed by atoms with van der Waals surface area (Å²) in [5, 5.41) is 2.22. The molecule has 0 unspecified atom stereocenters. The summed E-state index contributed by atoms with van der Waals surface area (Å²) in [6.45, 7) is 0. The minimum atomic E-state index is 0.344. The van der Waals surface area contributed by atoms with E-state index in [4.69, 9.17) is 16.3 Å². The van der Waals surface area contributed by atoms with E-state index in [0.29, 0.717) is 12.0 Å². The number of rotatable bonds is 3. The lowest BCUT2D eigenvalue weighted by Gasteiger charge is -2.26. The first kappa shape index (κ1) is 10.8. The Morgan fingerprint density at radius 3 is 2.82 bits per heavy atom. The van der Waals surface area contributed by atoms with Crippen LogP contribution in [0.2, 0.25) is 0 Å². The number of nitrogens with zero attached hydrogens (tertiary/aromatic N) is 1. The Kier molecular flexibility index (Phi) is 2.89. The Labute approximate surface area is 106 Å². The highest BCUT2D eigenvalue weighted by Crippen LogP contribution is 2.30. The predicted molar refractivity (Wildman–Crippen MR) is 69.6 cm³/mol. The first-order valence-corrected chi connectivity index (χ1v) is 6.51. The fourth-order valence-corrected chi connectivity index (χ4v) is 2.16. The second kappa shape index (κ2) is 4.53. The van der Waals surface area contributed by atoms with Crippen molar-refractivity contribution >= 4 is 22.4 Å². The molecule has 0 N–H and O–H groups in total. The van der Waals surface area contributed by atoms with Crippen LogP contribution in [-0.4, -0.2) is 11.1 Å². The Morgan fingerprint density at radius 2 is 2.12 bits per heavy atom. The van der Waals surface area contributed by atoms with Gasteiger partial charge in [0.05, 0.1) is 11.6 Å². The van der Waals surface area contributed by atoms with Crippen LogP contribution in [0.4, 0.5) is 0 Å². The van der Waals surface area contributed by atoms with Gasteiger partial charge in [-0.2, -0.15) is 0 Å². The van der Waals surface area contributed by atoms with E-state index in [1.807, 2.05) is 24.3 Å². The molecular weight excluding hydrogens is 234 g/mol. The molecule has 2 aromatic rings. The van der Waals surface area contributed by atoms with E-state index in [9.17, 15) is 0 Å². The quantitative estimate of drug-likeness (QED) is 0.768. The second-order valence-electron chi connectivity index (χ2n) is 4.44. The van der Waals surface area contributed by atoms with Crippen molar-refractivity contribution < 1.29 is 4.74 Å². The predicted octanol–water partition coefficient (Wildman–Crippen LogP) is 3.90. The standard InChI is InChI=1S/C14H14ClNO/c15-9-11-8-10-4-1-2-7-13(10)14(16-11)17-12-5-3-6-12/h1-2,4,7-8,12H,3,5-6,9H2. The summed E-state index contributed by atoms with van der Waals surface area (Å²) in [4.78, 5) is 4.49. The summed E-state index contributed by atoms with van der Waals surface area (Å²) >= 11 is 5.87. The number of halogens is 1. The number of alkyl halides is 1. The molecule has 1 aliphatic rings. The van der Waals surface area contributed by atoms with E-state index >= 15 is 0 Å². The molecule has 1 aliphatic carbocycles. The van der Waals surface area contributed by atoms with Crippen LogP contribution in [0, 0.1) is 0 Å². The molecule has 0 amide bonds. The van der Waals surface area contributed by atoms with Crippen LogP contribution >= 0.6 is 11.6 Å². The number of hydrogen-bond donors (Lipinski definition) is 0. The van der Waals surface area contributed by atoms with Gasteiger partial charge in [0.2, 0.25) is 5.88 Å². The van der Waals surface area contributed by atoms with E-state index in [0.717, 1.165) is 35.2 Å². The van der Waals surface area contributed by atoms with Crippen LogP contribution in [0.25, 0.3) is 10.8 Å². The molecule has 1 aromatic carbocycles. The van der Waals surface area contributed by atoms with Gasteiger partial charge in [-0.3, -0.25) is 0 Å². The normalized spacial score (nSPS) is 15.8. The largest absolute Gasteiger partial charge is 0.474 e. The maximum absolute atomic E-state index is 5.94. The number of aromatic nitrogens is 1. The molecule has 0 spiro atoms. The van der Waals surface area contributed by atoms with Gasteiger partial charge in [-0.1, -0.05) is 18.2 Å². The van der Waals surface area contributed by atoms with E-state index in [2.05, 4.69) is 11.1 Å². The van der Waals surface area contributed by atoms with Gasteiger partial charge >= 0.3 is 0 Å². The van der Waals surface area contributed by atoms with Crippen molar-refractivity contribution in [2.24, 2.45) is 0 Å². The molecule has 1 heterocycles. The first-order valence-electron chi connectivity index (χ1n) is 5.98. The molecule has 0 saturated heterocycles. The molecule has 3 rings (SSSR count). The van der Waals surface area contributed by atoms with Gasteiger partial charge in [-0.25, -0.2) is 4.98 Å². The Bertz CT molecular complexity index is 537. The number of pyridine rings is 1. The van der Waals surface area contributed by atoms with Gasteiger partial charge < -0.3 is 4.74 Å². The molecule has 0 bridgehead atoms. The van der Waals surface area contributed by atoms with Crippen LogP contribution < -0.4 is 4.74 Å². The van der Waals surface area contributed by atoms with Gasteiger partial charge in [0.25, 0.3) is 0 Å². The monoisotopic (exact) mass is 247 g/mol. The Balaban J connectivity index is 2.05. The summed E-state index contributed by atoms with van der Waals surface area (Å²) in [5.41, 5.74) is 0.875. The van der Waals surface area contributed by atoms with Gasteiger partial charge in [-0.05, 0) is 36.8 Å². The zero-order chi connectivity index (χ0) is 11.7. The van der Waals surface area contributed by atoms with E-state index in [1.54, 1.807) is 0 Å². The summed E-state index contributed by atoms with van der Waals surface area (Å²) in [6.07, 6.45) is 3.89. The highest BCUT2D eigenvalue weighted by molar-refractivity contribution is 6.17. The van der Waals surface area contributed by atoms with E-state index in [1.165, 1.54) is 6.42 Å². The summed E-state index contributed by atoms with van der Waals surface area (Å²) in [5.74, 6) is 1.16. The zero-order valence-corrected chi connectivity index (χ0v) is 10.3.